The monoisotopic (exact) mass is 991 g/mol. The molecule has 366 valence electrons. The Labute approximate surface area is 457 Å². The molecule has 0 N–H and O–H groups in total. The summed E-state index contributed by atoms with van der Waals surface area (Å²) >= 11 is 0. The van der Waals surface area contributed by atoms with Gasteiger partial charge in [0.05, 0.1) is 11.1 Å². The third-order valence-electron chi connectivity index (χ3n) is 16.0. The van der Waals surface area contributed by atoms with Crippen LogP contribution in [0.25, 0.3) is 88.7 Å². The Balaban J connectivity index is 0.831. The second-order valence-electron chi connectivity index (χ2n) is 20.4. The van der Waals surface area contributed by atoms with E-state index in [0.29, 0.717) is 0 Å². The molecule has 1 heteroatoms. The number of anilines is 3. The summed E-state index contributed by atoms with van der Waals surface area (Å²) in [6.45, 7) is 0. The molecule has 0 aromatic heterocycles. The maximum atomic E-state index is 2.45. The fourth-order valence-electron chi connectivity index (χ4n) is 12.2. The molecule has 78 heavy (non-hydrogen) atoms. The van der Waals surface area contributed by atoms with E-state index in [4.69, 9.17) is 0 Å². The van der Waals surface area contributed by atoms with E-state index in [1.165, 1.54) is 88.7 Å². The third-order valence-corrected chi connectivity index (χ3v) is 16.0. The summed E-state index contributed by atoms with van der Waals surface area (Å²) in [4.78, 5) is 2.42. The lowest BCUT2D eigenvalue weighted by atomic mass is 9.67. The van der Waals surface area contributed by atoms with Crippen molar-refractivity contribution < 1.29 is 0 Å². The molecular formula is C77H53N. The zero-order chi connectivity index (χ0) is 51.8. The molecule has 13 aromatic rings. The Kier molecular flexibility index (Phi) is 11.8. The fourth-order valence-corrected chi connectivity index (χ4v) is 12.2. The average molecular weight is 992 g/mol. The van der Waals surface area contributed by atoms with Crippen molar-refractivity contribution in [2.24, 2.45) is 0 Å². The highest BCUT2D eigenvalue weighted by molar-refractivity contribution is 5.92. The topological polar surface area (TPSA) is 3.24 Å². The van der Waals surface area contributed by atoms with Gasteiger partial charge < -0.3 is 4.90 Å². The molecule has 0 aliphatic heterocycles. The van der Waals surface area contributed by atoms with Crippen LogP contribution < -0.4 is 4.90 Å². The van der Waals surface area contributed by atoms with Gasteiger partial charge in [-0.25, -0.2) is 0 Å². The highest BCUT2D eigenvalue weighted by atomic mass is 15.1. The van der Waals surface area contributed by atoms with Gasteiger partial charge in [0.25, 0.3) is 0 Å². The molecule has 0 spiro atoms. The SMILES string of the molecule is c1ccc(-c2cccc(-c3ccccc3N(c3ccc(-c4ccc(-c5cccc(-c6ccc7ccccc7c6)c5)cc4)cc3)c3ccc(-c4ccc5c(c4)C(c4ccccc4)(c4ccccc4)c4ccccc4-5)cc3)c2)cc1. The van der Waals surface area contributed by atoms with Crippen LogP contribution in [-0.2, 0) is 5.41 Å². The van der Waals surface area contributed by atoms with E-state index in [1.807, 2.05) is 0 Å². The Morgan fingerprint density at radius 3 is 1.22 bits per heavy atom. The highest BCUT2D eigenvalue weighted by Gasteiger charge is 2.46. The lowest BCUT2D eigenvalue weighted by Crippen LogP contribution is -2.28. The van der Waals surface area contributed by atoms with Gasteiger partial charge >= 0.3 is 0 Å². The van der Waals surface area contributed by atoms with Gasteiger partial charge in [-0.3, -0.25) is 0 Å². The molecule has 1 nitrogen and oxygen atoms in total. The lowest BCUT2D eigenvalue weighted by molar-refractivity contribution is 0.769. The summed E-state index contributed by atoms with van der Waals surface area (Å²) in [5.41, 5.74) is 24.7. The first-order chi connectivity index (χ1) is 38.7. The van der Waals surface area contributed by atoms with Gasteiger partial charge in [0.15, 0.2) is 0 Å². The van der Waals surface area contributed by atoms with Crippen molar-refractivity contribution in [3.63, 3.8) is 0 Å². The Morgan fingerprint density at radius 1 is 0.205 bits per heavy atom. The van der Waals surface area contributed by atoms with E-state index in [2.05, 4.69) is 326 Å². The summed E-state index contributed by atoms with van der Waals surface area (Å²) in [7, 11) is 0. The molecule has 1 aliphatic carbocycles. The quantitative estimate of drug-likeness (QED) is 0.125. The lowest BCUT2D eigenvalue weighted by Gasteiger charge is -2.34. The van der Waals surface area contributed by atoms with Gasteiger partial charge in [0.1, 0.15) is 0 Å². The number of nitrogens with zero attached hydrogens (tertiary/aromatic N) is 1. The second kappa shape index (κ2) is 19.9. The van der Waals surface area contributed by atoms with Crippen molar-refractivity contribution in [3.05, 3.63) is 344 Å². The minimum Gasteiger partial charge on any atom is -0.310 e. The molecule has 0 atom stereocenters. The van der Waals surface area contributed by atoms with Gasteiger partial charge in [-0.1, -0.05) is 267 Å². The van der Waals surface area contributed by atoms with Crippen LogP contribution >= 0.6 is 0 Å². The first-order valence-electron chi connectivity index (χ1n) is 27.0. The minimum atomic E-state index is -0.470. The molecule has 0 amide bonds. The van der Waals surface area contributed by atoms with Gasteiger partial charge in [0.2, 0.25) is 0 Å². The molecule has 0 unspecified atom stereocenters. The molecule has 14 rings (SSSR count). The summed E-state index contributed by atoms with van der Waals surface area (Å²) in [6, 6.07) is 118. The van der Waals surface area contributed by atoms with E-state index in [0.717, 1.165) is 39.3 Å². The third kappa shape index (κ3) is 8.30. The van der Waals surface area contributed by atoms with Crippen molar-refractivity contribution in [1.82, 2.24) is 0 Å². The maximum absolute atomic E-state index is 2.45. The normalized spacial score (nSPS) is 12.2. The van der Waals surface area contributed by atoms with Crippen molar-refractivity contribution in [1.29, 1.82) is 0 Å². The van der Waals surface area contributed by atoms with Crippen LogP contribution in [0.4, 0.5) is 17.1 Å². The second-order valence-corrected chi connectivity index (χ2v) is 20.4. The first-order valence-corrected chi connectivity index (χ1v) is 27.0. The highest BCUT2D eigenvalue weighted by Crippen LogP contribution is 2.57. The number of hydrogen-bond donors (Lipinski definition) is 0. The molecule has 0 heterocycles. The van der Waals surface area contributed by atoms with E-state index < -0.39 is 5.41 Å². The van der Waals surface area contributed by atoms with E-state index in [-0.39, 0.29) is 0 Å². The number of benzene rings is 13. The number of para-hydroxylation sites is 1. The summed E-state index contributed by atoms with van der Waals surface area (Å²) < 4.78 is 0. The fraction of sp³-hybridized carbons (Fsp3) is 0.0130. The number of rotatable bonds is 11. The van der Waals surface area contributed by atoms with Crippen molar-refractivity contribution in [3.8, 4) is 77.9 Å². The van der Waals surface area contributed by atoms with Crippen LogP contribution in [0.2, 0.25) is 0 Å². The minimum absolute atomic E-state index is 0.470. The molecule has 1 aliphatic rings. The van der Waals surface area contributed by atoms with Crippen molar-refractivity contribution in [2.45, 2.75) is 5.41 Å². The molecule has 0 saturated heterocycles. The van der Waals surface area contributed by atoms with E-state index >= 15 is 0 Å². The van der Waals surface area contributed by atoms with Crippen LogP contribution in [0, 0.1) is 0 Å². The summed E-state index contributed by atoms with van der Waals surface area (Å²) in [5, 5.41) is 2.51. The predicted molar refractivity (Wildman–Crippen MR) is 329 cm³/mol. The van der Waals surface area contributed by atoms with E-state index in [9.17, 15) is 0 Å². The molecule has 0 bridgehead atoms. The number of fused-ring (bicyclic) bond motifs is 4. The van der Waals surface area contributed by atoms with Crippen LogP contribution in [-0.4, -0.2) is 0 Å². The first kappa shape index (κ1) is 46.5. The largest absolute Gasteiger partial charge is 0.310 e. The van der Waals surface area contributed by atoms with Crippen molar-refractivity contribution in [2.75, 3.05) is 4.90 Å². The number of hydrogen-bond acceptors (Lipinski definition) is 1. The van der Waals surface area contributed by atoms with Gasteiger partial charge in [-0.05, 0) is 160 Å². The van der Waals surface area contributed by atoms with Crippen molar-refractivity contribution >= 4 is 27.8 Å². The van der Waals surface area contributed by atoms with Crippen LogP contribution in [0.15, 0.2) is 322 Å². The summed E-state index contributed by atoms with van der Waals surface area (Å²) in [6.07, 6.45) is 0. The average Bonchev–Trinajstić information content (AvgIpc) is 4.04. The zero-order valence-corrected chi connectivity index (χ0v) is 43.0. The zero-order valence-electron chi connectivity index (χ0n) is 43.0. The predicted octanol–water partition coefficient (Wildman–Crippen LogP) is 20.7. The Bertz CT molecular complexity index is 4230. The Hall–Kier alpha value is -10.1. The maximum Gasteiger partial charge on any atom is 0.0713 e. The van der Waals surface area contributed by atoms with Gasteiger partial charge in [-0.2, -0.15) is 0 Å². The van der Waals surface area contributed by atoms with E-state index in [1.54, 1.807) is 0 Å². The van der Waals surface area contributed by atoms with Crippen LogP contribution in [0.1, 0.15) is 22.3 Å². The molecular weight excluding hydrogens is 939 g/mol. The molecule has 13 aromatic carbocycles. The van der Waals surface area contributed by atoms with Gasteiger partial charge in [-0.15, -0.1) is 0 Å². The smallest absolute Gasteiger partial charge is 0.0713 e. The Morgan fingerprint density at radius 2 is 0.590 bits per heavy atom. The molecule has 0 fully saturated rings. The van der Waals surface area contributed by atoms with Crippen LogP contribution in [0.3, 0.4) is 0 Å². The molecule has 0 saturated carbocycles. The molecule has 0 radical (unpaired) electrons. The standard InChI is InChI=1S/C77H53N/c1-4-18-54(19-5-1)62-23-17-25-66(52-62)71-30-13-15-33-76(71)78(69-45-40-57(41-46-69)56-34-36-58(37-35-56)61-22-16-24-63(50-61)64-39-38-55-20-10-11-21-60(55)51-64)70-47-42-59(43-48-70)65-44-49-73-72-31-12-14-32-74(72)77(75(73)53-65,67-26-6-2-7-27-67)68-28-8-3-9-29-68/h1-53H. The van der Waals surface area contributed by atoms with Gasteiger partial charge in [0, 0.05) is 16.9 Å². The van der Waals surface area contributed by atoms with Crippen LogP contribution in [0.5, 0.6) is 0 Å². The summed E-state index contributed by atoms with van der Waals surface area (Å²) in [5.74, 6) is 0.